The van der Waals surface area contributed by atoms with Crippen LogP contribution in [0.15, 0.2) is 24.3 Å². The zero-order valence-corrected chi connectivity index (χ0v) is 13.8. The van der Waals surface area contributed by atoms with E-state index in [1.54, 1.807) is 12.1 Å². The van der Waals surface area contributed by atoms with E-state index in [0.29, 0.717) is 25.6 Å². The monoisotopic (exact) mass is 318 g/mol. The second-order valence-corrected chi connectivity index (χ2v) is 7.32. The van der Waals surface area contributed by atoms with E-state index in [-0.39, 0.29) is 17.1 Å². The number of carbonyl (C=O) groups is 1. The minimum Gasteiger partial charge on any atom is -0.335 e. The standard InChI is InChI=1S/C19H27FN2O/c20-16-6-4-15(5-7-16)13-22(17-8-9-17)18(23)12-19(14-21)10-2-1-3-11-19/h4-7,17H,1-3,8-14,21H2. The molecule has 1 aromatic rings. The summed E-state index contributed by atoms with van der Waals surface area (Å²) in [5.74, 6) is -0.00786. The number of carbonyl (C=O) groups excluding carboxylic acids is 1. The van der Waals surface area contributed by atoms with E-state index in [1.165, 1.54) is 31.4 Å². The van der Waals surface area contributed by atoms with E-state index < -0.39 is 0 Å². The Morgan fingerprint density at radius 1 is 1.17 bits per heavy atom. The third-order valence-corrected chi connectivity index (χ3v) is 5.45. The Hall–Kier alpha value is -1.42. The number of nitrogens with two attached hydrogens (primary N) is 1. The molecule has 0 aliphatic heterocycles. The summed E-state index contributed by atoms with van der Waals surface area (Å²) in [6, 6.07) is 6.85. The molecule has 3 rings (SSSR count). The van der Waals surface area contributed by atoms with Crippen molar-refractivity contribution in [1.29, 1.82) is 0 Å². The van der Waals surface area contributed by atoms with Crippen molar-refractivity contribution in [3.63, 3.8) is 0 Å². The van der Waals surface area contributed by atoms with Gasteiger partial charge in [-0.15, -0.1) is 0 Å². The zero-order valence-electron chi connectivity index (χ0n) is 13.8. The Kier molecular flexibility index (Phi) is 5.00. The molecule has 1 amide bonds. The highest BCUT2D eigenvalue weighted by atomic mass is 19.1. The lowest BCUT2D eigenvalue weighted by Crippen LogP contribution is -2.41. The average molecular weight is 318 g/mol. The number of hydrogen-bond acceptors (Lipinski definition) is 2. The quantitative estimate of drug-likeness (QED) is 0.871. The van der Waals surface area contributed by atoms with E-state index in [9.17, 15) is 9.18 Å². The van der Waals surface area contributed by atoms with Crippen molar-refractivity contribution in [2.45, 2.75) is 64.0 Å². The molecule has 0 spiro atoms. The summed E-state index contributed by atoms with van der Waals surface area (Å²) in [7, 11) is 0. The maximum Gasteiger partial charge on any atom is 0.223 e. The van der Waals surface area contributed by atoms with Gasteiger partial charge in [-0.25, -0.2) is 4.39 Å². The van der Waals surface area contributed by atoms with Crippen LogP contribution in [-0.2, 0) is 11.3 Å². The Labute approximate surface area is 138 Å². The van der Waals surface area contributed by atoms with Crippen LogP contribution >= 0.6 is 0 Å². The van der Waals surface area contributed by atoms with E-state index in [4.69, 9.17) is 5.73 Å². The van der Waals surface area contributed by atoms with Gasteiger partial charge in [0.15, 0.2) is 0 Å². The number of rotatable bonds is 6. The van der Waals surface area contributed by atoms with Crippen LogP contribution < -0.4 is 5.73 Å². The predicted octanol–water partition coefficient (Wildman–Crippen LogP) is 3.62. The topological polar surface area (TPSA) is 46.3 Å². The van der Waals surface area contributed by atoms with Crippen LogP contribution in [0.25, 0.3) is 0 Å². The second-order valence-electron chi connectivity index (χ2n) is 7.32. The van der Waals surface area contributed by atoms with E-state index in [0.717, 1.165) is 31.2 Å². The summed E-state index contributed by atoms with van der Waals surface area (Å²) in [5, 5.41) is 0. The summed E-state index contributed by atoms with van der Waals surface area (Å²) in [6.45, 7) is 1.19. The van der Waals surface area contributed by atoms with Gasteiger partial charge < -0.3 is 10.6 Å². The molecule has 0 aromatic heterocycles. The minimum absolute atomic E-state index is 0.00523. The molecule has 2 saturated carbocycles. The molecule has 4 heteroatoms. The van der Waals surface area contributed by atoms with Gasteiger partial charge in [-0.1, -0.05) is 31.4 Å². The van der Waals surface area contributed by atoms with Gasteiger partial charge in [-0.05, 0) is 55.3 Å². The van der Waals surface area contributed by atoms with Crippen LogP contribution in [0.4, 0.5) is 4.39 Å². The van der Waals surface area contributed by atoms with Crippen LogP contribution in [-0.4, -0.2) is 23.4 Å². The first-order valence-corrected chi connectivity index (χ1v) is 8.86. The van der Waals surface area contributed by atoms with Crippen molar-refractivity contribution < 1.29 is 9.18 Å². The van der Waals surface area contributed by atoms with Crippen molar-refractivity contribution in [3.05, 3.63) is 35.6 Å². The minimum atomic E-state index is -0.234. The highest BCUT2D eigenvalue weighted by Gasteiger charge is 2.38. The lowest BCUT2D eigenvalue weighted by atomic mass is 9.71. The molecule has 2 N–H and O–H groups in total. The first kappa shape index (κ1) is 16.4. The fraction of sp³-hybridized carbons (Fsp3) is 0.632. The molecular formula is C19H27FN2O. The van der Waals surface area contributed by atoms with Crippen molar-refractivity contribution >= 4 is 5.91 Å². The Morgan fingerprint density at radius 3 is 2.39 bits per heavy atom. The van der Waals surface area contributed by atoms with Gasteiger partial charge >= 0.3 is 0 Å². The molecule has 2 aliphatic rings. The van der Waals surface area contributed by atoms with Crippen LogP contribution in [0.1, 0.15) is 56.9 Å². The number of hydrogen-bond donors (Lipinski definition) is 1. The first-order valence-electron chi connectivity index (χ1n) is 8.86. The highest BCUT2D eigenvalue weighted by Crippen LogP contribution is 2.40. The van der Waals surface area contributed by atoms with Crippen LogP contribution in [0.3, 0.4) is 0 Å². The largest absolute Gasteiger partial charge is 0.335 e. The lowest BCUT2D eigenvalue weighted by molar-refractivity contribution is -0.135. The maximum absolute atomic E-state index is 13.1. The molecule has 0 heterocycles. The third-order valence-electron chi connectivity index (χ3n) is 5.45. The number of nitrogens with zero attached hydrogens (tertiary/aromatic N) is 1. The Morgan fingerprint density at radius 2 is 1.83 bits per heavy atom. The first-order chi connectivity index (χ1) is 11.1. The van der Waals surface area contributed by atoms with Gasteiger partial charge in [0.25, 0.3) is 0 Å². The van der Waals surface area contributed by atoms with Gasteiger partial charge in [0.2, 0.25) is 5.91 Å². The average Bonchev–Trinajstić information content (AvgIpc) is 3.40. The summed E-state index contributed by atoms with van der Waals surface area (Å²) < 4.78 is 13.1. The van der Waals surface area contributed by atoms with Crippen LogP contribution in [0, 0.1) is 11.2 Å². The summed E-state index contributed by atoms with van der Waals surface area (Å²) >= 11 is 0. The summed E-state index contributed by atoms with van der Waals surface area (Å²) in [4.78, 5) is 14.9. The van der Waals surface area contributed by atoms with Crippen LogP contribution in [0.2, 0.25) is 0 Å². The third kappa shape index (κ3) is 4.11. The van der Waals surface area contributed by atoms with E-state index >= 15 is 0 Å². The molecule has 126 valence electrons. The SMILES string of the molecule is NCC1(CC(=O)N(Cc2ccc(F)cc2)C2CC2)CCCCC1. The number of benzene rings is 1. The predicted molar refractivity (Wildman–Crippen MR) is 89.2 cm³/mol. The fourth-order valence-corrected chi connectivity index (χ4v) is 3.77. The van der Waals surface area contributed by atoms with Crippen LogP contribution in [0.5, 0.6) is 0 Å². The maximum atomic E-state index is 13.1. The van der Waals surface area contributed by atoms with Crippen molar-refractivity contribution in [1.82, 2.24) is 4.90 Å². The smallest absolute Gasteiger partial charge is 0.223 e. The molecular weight excluding hydrogens is 291 g/mol. The molecule has 0 bridgehead atoms. The molecule has 3 nitrogen and oxygen atoms in total. The molecule has 0 atom stereocenters. The Balaban J connectivity index is 1.67. The summed E-state index contributed by atoms with van der Waals surface area (Å²) in [5.41, 5.74) is 7.04. The molecule has 1 aromatic carbocycles. The number of halogens is 1. The lowest BCUT2D eigenvalue weighted by Gasteiger charge is -2.37. The van der Waals surface area contributed by atoms with Crippen molar-refractivity contribution in [2.24, 2.45) is 11.1 Å². The van der Waals surface area contributed by atoms with Gasteiger partial charge in [0, 0.05) is 19.0 Å². The highest BCUT2D eigenvalue weighted by molar-refractivity contribution is 5.77. The summed E-state index contributed by atoms with van der Waals surface area (Å²) in [6.07, 6.45) is 8.52. The molecule has 0 unspecified atom stereocenters. The van der Waals surface area contributed by atoms with Gasteiger partial charge in [0.1, 0.15) is 5.82 Å². The number of amides is 1. The van der Waals surface area contributed by atoms with Crippen molar-refractivity contribution in [3.8, 4) is 0 Å². The molecule has 2 aliphatic carbocycles. The zero-order chi connectivity index (χ0) is 16.3. The molecule has 2 fully saturated rings. The van der Waals surface area contributed by atoms with E-state index in [1.807, 2.05) is 4.90 Å². The molecule has 23 heavy (non-hydrogen) atoms. The van der Waals surface area contributed by atoms with Crippen molar-refractivity contribution in [2.75, 3.05) is 6.54 Å². The Bertz CT molecular complexity index is 533. The second kappa shape index (κ2) is 7.00. The van der Waals surface area contributed by atoms with E-state index in [2.05, 4.69) is 0 Å². The van der Waals surface area contributed by atoms with Gasteiger partial charge in [0.05, 0.1) is 0 Å². The molecule has 0 radical (unpaired) electrons. The normalized spacial score (nSPS) is 20.3. The fourth-order valence-electron chi connectivity index (χ4n) is 3.77. The molecule has 0 saturated heterocycles. The van der Waals surface area contributed by atoms with Gasteiger partial charge in [-0.3, -0.25) is 4.79 Å². The van der Waals surface area contributed by atoms with Gasteiger partial charge in [-0.2, -0.15) is 0 Å².